The van der Waals surface area contributed by atoms with Crippen molar-refractivity contribution in [2.24, 2.45) is 0 Å². The predicted molar refractivity (Wildman–Crippen MR) is 82.7 cm³/mol. The van der Waals surface area contributed by atoms with E-state index in [2.05, 4.69) is 21.2 Å². The maximum atomic E-state index is 6.16. The van der Waals surface area contributed by atoms with Gasteiger partial charge in [0.25, 0.3) is 0 Å². The molecular weight excluding hydrogens is 333 g/mol. The molecule has 0 saturated carbocycles. The zero-order chi connectivity index (χ0) is 13.1. The second kappa shape index (κ2) is 5.96. The van der Waals surface area contributed by atoms with Gasteiger partial charge in [0, 0.05) is 11.0 Å². The van der Waals surface area contributed by atoms with Crippen molar-refractivity contribution in [3.8, 4) is 0 Å². The van der Waals surface area contributed by atoms with Crippen molar-refractivity contribution < 1.29 is 0 Å². The zero-order valence-electron chi connectivity index (χ0n) is 9.81. The molecule has 0 saturated heterocycles. The third kappa shape index (κ3) is 3.41. The Morgan fingerprint density at radius 2 is 1.83 bits per heavy atom. The number of nitrogens with one attached hydrogen (secondary N) is 1. The second-order valence-electron chi connectivity index (χ2n) is 4.09. The monoisotopic (exact) mass is 343 g/mol. The molecule has 0 aromatic heterocycles. The second-order valence-corrected chi connectivity index (χ2v) is 5.75. The van der Waals surface area contributed by atoms with Crippen LogP contribution < -0.4 is 5.32 Å². The molecule has 2 rings (SSSR count). The molecule has 94 valence electrons. The van der Waals surface area contributed by atoms with Gasteiger partial charge >= 0.3 is 0 Å². The summed E-state index contributed by atoms with van der Waals surface area (Å²) in [6.07, 6.45) is 0. The molecule has 0 atom stereocenters. The highest BCUT2D eigenvalue weighted by Gasteiger charge is 2.02. The van der Waals surface area contributed by atoms with Crippen molar-refractivity contribution in [2.45, 2.75) is 13.5 Å². The molecule has 18 heavy (non-hydrogen) atoms. The Morgan fingerprint density at radius 1 is 1.06 bits per heavy atom. The van der Waals surface area contributed by atoms with Crippen molar-refractivity contribution in [1.29, 1.82) is 0 Å². The minimum Gasteiger partial charge on any atom is -0.380 e. The molecule has 0 amide bonds. The lowest BCUT2D eigenvalue weighted by Gasteiger charge is -2.09. The third-order valence-electron chi connectivity index (χ3n) is 2.59. The van der Waals surface area contributed by atoms with Gasteiger partial charge in [0.1, 0.15) is 0 Å². The van der Waals surface area contributed by atoms with E-state index in [0.717, 1.165) is 26.3 Å². The van der Waals surface area contributed by atoms with Gasteiger partial charge in [-0.3, -0.25) is 0 Å². The minimum absolute atomic E-state index is 0.707. The molecule has 1 N–H and O–H groups in total. The van der Waals surface area contributed by atoms with E-state index in [1.54, 1.807) is 0 Å². The summed E-state index contributed by atoms with van der Waals surface area (Å²) in [5.41, 5.74) is 3.23. The molecule has 2 aromatic carbocycles. The van der Waals surface area contributed by atoms with Crippen LogP contribution in [0.15, 0.2) is 40.9 Å². The van der Waals surface area contributed by atoms with Gasteiger partial charge < -0.3 is 5.32 Å². The largest absolute Gasteiger partial charge is 0.380 e. The first-order chi connectivity index (χ1) is 8.56. The fourth-order valence-electron chi connectivity index (χ4n) is 1.61. The predicted octanol–water partition coefficient (Wildman–Crippen LogP) is 5.68. The number of hydrogen-bond donors (Lipinski definition) is 1. The first kappa shape index (κ1) is 13.7. The molecule has 0 aliphatic rings. The number of rotatable bonds is 3. The normalized spacial score (nSPS) is 10.4. The SMILES string of the molecule is Cc1ccc(NCc2ccc(Cl)c(Br)c2)c(Cl)c1. The highest BCUT2D eigenvalue weighted by Crippen LogP contribution is 2.25. The lowest BCUT2D eigenvalue weighted by Crippen LogP contribution is -2.00. The van der Waals surface area contributed by atoms with Crippen LogP contribution in [-0.4, -0.2) is 0 Å². The quantitative estimate of drug-likeness (QED) is 0.755. The van der Waals surface area contributed by atoms with Gasteiger partial charge in [-0.15, -0.1) is 0 Å². The summed E-state index contributed by atoms with van der Waals surface area (Å²) in [5, 5.41) is 4.76. The molecule has 0 bridgehead atoms. The van der Waals surface area contributed by atoms with Gasteiger partial charge in [-0.05, 0) is 58.2 Å². The van der Waals surface area contributed by atoms with Crippen LogP contribution in [0.4, 0.5) is 5.69 Å². The van der Waals surface area contributed by atoms with Crippen LogP contribution in [0.2, 0.25) is 10.0 Å². The Kier molecular flexibility index (Phi) is 4.55. The third-order valence-corrected chi connectivity index (χ3v) is 4.12. The van der Waals surface area contributed by atoms with Gasteiger partial charge in [0.2, 0.25) is 0 Å². The molecule has 4 heteroatoms. The Morgan fingerprint density at radius 3 is 2.50 bits per heavy atom. The number of hydrogen-bond acceptors (Lipinski definition) is 1. The first-order valence-corrected chi connectivity index (χ1v) is 7.05. The molecule has 0 unspecified atom stereocenters. The van der Waals surface area contributed by atoms with Gasteiger partial charge in [0.05, 0.1) is 15.7 Å². The molecule has 2 aromatic rings. The number of aryl methyl sites for hydroxylation is 1. The van der Waals surface area contributed by atoms with Crippen LogP contribution in [0.5, 0.6) is 0 Å². The molecule has 0 heterocycles. The van der Waals surface area contributed by atoms with Crippen molar-refractivity contribution in [2.75, 3.05) is 5.32 Å². The number of benzene rings is 2. The van der Waals surface area contributed by atoms with Crippen LogP contribution in [0, 0.1) is 6.92 Å². The Labute approximate surface area is 125 Å². The van der Waals surface area contributed by atoms with Crippen LogP contribution >= 0.6 is 39.1 Å². The summed E-state index contributed by atoms with van der Waals surface area (Å²) in [4.78, 5) is 0. The van der Waals surface area contributed by atoms with E-state index in [0.29, 0.717) is 11.6 Å². The van der Waals surface area contributed by atoms with Crippen molar-refractivity contribution in [3.05, 3.63) is 62.0 Å². The molecular formula is C14H12BrCl2N. The van der Waals surface area contributed by atoms with Crippen LogP contribution in [0.3, 0.4) is 0 Å². The highest BCUT2D eigenvalue weighted by atomic mass is 79.9. The standard InChI is InChI=1S/C14H12BrCl2N/c1-9-2-5-14(13(17)6-9)18-8-10-3-4-12(16)11(15)7-10/h2-7,18H,8H2,1H3. The van der Waals surface area contributed by atoms with Gasteiger partial charge in [-0.25, -0.2) is 0 Å². The fraction of sp³-hybridized carbons (Fsp3) is 0.143. The van der Waals surface area contributed by atoms with E-state index in [-0.39, 0.29) is 0 Å². The molecule has 0 spiro atoms. The smallest absolute Gasteiger partial charge is 0.0640 e. The van der Waals surface area contributed by atoms with E-state index in [1.807, 2.05) is 43.3 Å². The molecule has 1 nitrogen and oxygen atoms in total. The van der Waals surface area contributed by atoms with Gasteiger partial charge in [-0.1, -0.05) is 35.3 Å². The summed E-state index contributed by atoms with van der Waals surface area (Å²) in [5.74, 6) is 0. The first-order valence-electron chi connectivity index (χ1n) is 5.50. The van der Waals surface area contributed by atoms with Crippen molar-refractivity contribution in [1.82, 2.24) is 0 Å². The zero-order valence-corrected chi connectivity index (χ0v) is 12.9. The van der Waals surface area contributed by atoms with E-state index < -0.39 is 0 Å². The Bertz CT molecular complexity index is 570. The van der Waals surface area contributed by atoms with Crippen molar-refractivity contribution in [3.63, 3.8) is 0 Å². The van der Waals surface area contributed by atoms with E-state index in [4.69, 9.17) is 23.2 Å². The van der Waals surface area contributed by atoms with Gasteiger partial charge in [-0.2, -0.15) is 0 Å². The topological polar surface area (TPSA) is 12.0 Å². The Hall–Kier alpha value is -0.700. The average Bonchev–Trinajstić information content (AvgIpc) is 2.32. The molecule has 0 aliphatic carbocycles. The average molecular weight is 345 g/mol. The van der Waals surface area contributed by atoms with Crippen LogP contribution in [-0.2, 0) is 6.54 Å². The summed E-state index contributed by atoms with van der Waals surface area (Å²) >= 11 is 15.5. The van der Waals surface area contributed by atoms with E-state index >= 15 is 0 Å². The minimum atomic E-state index is 0.707. The van der Waals surface area contributed by atoms with Gasteiger partial charge in [0.15, 0.2) is 0 Å². The van der Waals surface area contributed by atoms with Crippen molar-refractivity contribution >= 4 is 44.8 Å². The highest BCUT2D eigenvalue weighted by molar-refractivity contribution is 9.10. The maximum absolute atomic E-state index is 6.16. The summed E-state index contributed by atoms with van der Waals surface area (Å²) in [7, 11) is 0. The summed E-state index contributed by atoms with van der Waals surface area (Å²) in [6, 6.07) is 11.8. The fourth-order valence-corrected chi connectivity index (χ4v) is 2.46. The van der Waals surface area contributed by atoms with E-state index in [9.17, 15) is 0 Å². The van der Waals surface area contributed by atoms with E-state index in [1.165, 1.54) is 0 Å². The molecule has 0 aliphatic heterocycles. The number of halogens is 3. The van der Waals surface area contributed by atoms with Crippen LogP contribution in [0.1, 0.15) is 11.1 Å². The summed E-state index contributed by atoms with van der Waals surface area (Å²) in [6.45, 7) is 2.73. The molecule has 0 fully saturated rings. The Balaban J connectivity index is 2.09. The maximum Gasteiger partial charge on any atom is 0.0640 e. The lowest BCUT2D eigenvalue weighted by molar-refractivity contribution is 1.14. The van der Waals surface area contributed by atoms with Crippen LogP contribution in [0.25, 0.3) is 0 Å². The molecule has 0 radical (unpaired) electrons. The summed E-state index contributed by atoms with van der Waals surface area (Å²) < 4.78 is 0.901. The number of anilines is 1. The lowest BCUT2D eigenvalue weighted by atomic mass is 10.2.